The molecule has 5 nitrogen and oxygen atoms in total. The van der Waals surface area contributed by atoms with Gasteiger partial charge in [-0.2, -0.15) is 0 Å². The Kier molecular flexibility index (Phi) is 3.12. The lowest BCUT2D eigenvalue weighted by Crippen LogP contribution is -2.51. The van der Waals surface area contributed by atoms with E-state index >= 15 is 0 Å². The zero-order valence-corrected chi connectivity index (χ0v) is 10.6. The van der Waals surface area contributed by atoms with Gasteiger partial charge in [-0.1, -0.05) is 0 Å². The minimum absolute atomic E-state index is 0.156. The molecule has 2 unspecified atom stereocenters. The molecule has 0 aromatic rings. The summed E-state index contributed by atoms with van der Waals surface area (Å²) in [5, 5.41) is 0. The molecule has 0 aromatic carbocycles. The third-order valence-corrected chi connectivity index (χ3v) is 3.01. The molecule has 2 atom stereocenters. The van der Waals surface area contributed by atoms with Gasteiger partial charge in [0, 0.05) is 13.0 Å². The first-order valence-corrected chi connectivity index (χ1v) is 5.97. The van der Waals surface area contributed by atoms with Crippen LogP contribution in [0.2, 0.25) is 0 Å². The molecule has 3 aliphatic heterocycles. The van der Waals surface area contributed by atoms with E-state index in [-0.39, 0.29) is 23.8 Å². The normalized spacial score (nSPS) is 29.1. The molecule has 3 heterocycles. The molecule has 3 fully saturated rings. The maximum Gasteiger partial charge on any atom is 0.410 e. The van der Waals surface area contributed by atoms with Gasteiger partial charge in [0.1, 0.15) is 11.4 Å². The van der Waals surface area contributed by atoms with E-state index in [2.05, 4.69) is 0 Å². The molecule has 0 aliphatic carbocycles. The zero-order valence-electron chi connectivity index (χ0n) is 10.6. The average molecular weight is 241 g/mol. The lowest BCUT2D eigenvalue weighted by molar-refractivity contribution is -0.126. The predicted octanol–water partition coefficient (Wildman–Crippen LogP) is 1.21. The van der Waals surface area contributed by atoms with E-state index in [0.29, 0.717) is 26.2 Å². The molecule has 1 amide bonds. The lowest BCUT2D eigenvalue weighted by atomic mass is 9.94. The number of Topliss-reactive ketones (excluding diaryl/α,β-unsaturated/α-hetero) is 1. The molecule has 2 bridgehead atoms. The Hall–Kier alpha value is -1.10. The number of nitrogens with zero attached hydrogens (tertiary/aromatic N) is 1. The first-order chi connectivity index (χ1) is 7.87. The van der Waals surface area contributed by atoms with Crippen LogP contribution in [0.1, 0.15) is 27.2 Å². The summed E-state index contributed by atoms with van der Waals surface area (Å²) in [5.41, 5.74) is -0.506. The van der Waals surface area contributed by atoms with Crippen LogP contribution in [0.15, 0.2) is 0 Å². The summed E-state index contributed by atoms with van der Waals surface area (Å²) in [4.78, 5) is 25.3. The Morgan fingerprint density at radius 2 is 2.12 bits per heavy atom. The van der Waals surface area contributed by atoms with E-state index in [1.54, 1.807) is 4.90 Å². The first kappa shape index (κ1) is 12.4. The molecular formula is C12H19NO4. The fourth-order valence-electron chi connectivity index (χ4n) is 2.18. The number of rotatable bonds is 0. The van der Waals surface area contributed by atoms with Crippen LogP contribution in [0.5, 0.6) is 0 Å². The highest BCUT2D eigenvalue weighted by Crippen LogP contribution is 2.25. The van der Waals surface area contributed by atoms with Crippen LogP contribution in [0.4, 0.5) is 4.79 Å². The number of fused-ring (bicyclic) bond motifs is 4. The molecule has 0 spiro atoms. The minimum atomic E-state index is -0.506. The lowest BCUT2D eigenvalue weighted by Gasteiger charge is -2.35. The highest BCUT2D eigenvalue weighted by Gasteiger charge is 2.41. The van der Waals surface area contributed by atoms with Gasteiger partial charge in [-0.25, -0.2) is 4.79 Å². The quantitative estimate of drug-likeness (QED) is 0.639. The second-order valence-electron chi connectivity index (χ2n) is 5.69. The maximum atomic E-state index is 12.0. The van der Waals surface area contributed by atoms with Crippen molar-refractivity contribution in [3.8, 4) is 0 Å². The first-order valence-electron chi connectivity index (χ1n) is 5.97. The van der Waals surface area contributed by atoms with Gasteiger partial charge in [0.15, 0.2) is 0 Å². The molecule has 0 saturated carbocycles. The van der Waals surface area contributed by atoms with Gasteiger partial charge in [0.25, 0.3) is 0 Å². The van der Waals surface area contributed by atoms with Crippen LogP contribution in [0.3, 0.4) is 0 Å². The molecule has 0 radical (unpaired) electrons. The van der Waals surface area contributed by atoms with Crippen LogP contribution in [0.25, 0.3) is 0 Å². The minimum Gasteiger partial charge on any atom is -0.444 e. The summed E-state index contributed by atoms with van der Waals surface area (Å²) in [5.74, 6) is 0.0218. The molecule has 0 aromatic heterocycles. The van der Waals surface area contributed by atoms with Crippen molar-refractivity contribution >= 4 is 11.9 Å². The van der Waals surface area contributed by atoms with Crippen LogP contribution < -0.4 is 0 Å². The maximum absolute atomic E-state index is 12.0. The monoisotopic (exact) mass is 241 g/mol. The van der Waals surface area contributed by atoms with Crippen molar-refractivity contribution in [2.45, 2.75) is 38.8 Å². The standard InChI is InChI=1S/C12H19NO4/c1-12(2,3)17-11(15)13-5-8-6-16-7-9(13)4-10(8)14/h8-9H,4-7H2,1-3H3. The van der Waals surface area contributed by atoms with Gasteiger partial charge in [0.05, 0.1) is 25.2 Å². The second kappa shape index (κ2) is 4.29. The van der Waals surface area contributed by atoms with Gasteiger partial charge >= 0.3 is 6.09 Å². The Morgan fingerprint density at radius 3 is 2.76 bits per heavy atom. The van der Waals surface area contributed by atoms with Crippen LogP contribution in [-0.4, -0.2) is 48.2 Å². The SMILES string of the molecule is CC(C)(C)OC(=O)N1CC2COCC1CC2=O. The summed E-state index contributed by atoms with van der Waals surface area (Å²) >= 11 is 0. The number of hydrogen-bond donors (Lipinski definition) is 0. The smallest absolute Gasteiger partial charge is 0.410 e. The summed E-state index contributed by atoms with van der Waals surface area (Å²) in [6.07, 6.45) is 0.0506. The molecule has 3 rings (SSSR count). The van der Waals surface area contributed by atoms with Crippen LogP contribution >= 0.6 is 0 Å². The van der Waals surface area contributed by atoms with Crippen molar-refractivity contribution < 1.29 is 19.1 Å². The van der Waals surface area contributed by atoms with E-state index in [4.69, 9.17) is 9.47 Å². The third-order valence-electron chi connectivity index (χ3n) is 3.01. The molecule has 3 saturated heterocycles. The fourth-order valence-corrected chi connectivity index (χ4v) is 2.18. The zero-order chi connectivity index (χ0) is 12.6. The van der Waals surface area contributed by atoms with Crippen molar-refractivity contribution in [2.75, 3.05) is 19.8 Å². The highest BCUT2D eigenvalue weighted by molar-refractivity contribution is 5.85. The number of carbonyl (C=O) groups excluding carboxylic acids is 2. The van der Waals surface area contributed by atoms with Crippen LogP contribution in [0, 0.1) is 5.92 Å². The number of piperidine rings is 1. The Labute approximate surface area is 101 Å². The van der Waals surface area contributed by atoms with Crippen molar-refractivity contribution in [2.24, 2.45) is 5.92 Å². The number of ether oxygens (including phenoxy) is 2. The number of carbonyl (C=O) groups is 2. The number of amides is 1. The molecule has 96 valence electrons. The van der Waals surface area contributed by atoms with Crippen molar-refractivity contribution in [3.05, 3.63) is 0 Å². The van der Waals surface area contributed by atoms with Gasteiger partial charge < -0.3 is 14.4 Å². The van der Waals surface area contributed by atoms with Crippen LogP contribution in [-0.2, 0) is 14.3 Å². The van der Waals surface area contributed by atoms with Crippen molar-refractivity contribution in [1.29, 1.82) is 0 Å². The predicted molar refractivity (Wildman–Crippen MR) is 60.7 cm³/mol. The van der Waals surface area contributed by atoms with E-state index in [1.165, 1.54) is 0 Å². The van der Waals surface area contributed by atoms with E-state index in [0.717, 1.165) is 0 Å². The van der Waals surface area contributed by atoms with Gasteiger partial charge in [-0.05, 0) is 20.8 Å². The highest BCUT2D eigenvalue weighted by atomic mass is 16.6. The van der Waals surface area contributed by atoms with E-state index in [9.17, 15) is 9.59 Å². The summed E-state index contributed by atoms with van der Waals surface area (Å²) in [7, 11) is 0. The Morgan fingerprint density at radius 1 is 1.41 bits per heavy atom. The number of ketones is 1. The molecular weight excluding hydrogens is 222 g/mol. The fraction of sp³-hybridized carbons (Fsp3) is 0.833. The van der Waals surface area contributed by atoms with Gasteiger partial charge in [-0.3, -0.25) is 4.79 Å². The summed E-state index contributed by atoms with van der Waals surface area (Å²) in [6, 6.07) is -0.156. The molecule has 17 heavy (non-hydrogen) atoms. The summed E-state index contributed by atoms with van der Waals surface area (Å²) in [6.45, 7) is 6.79. The van der Waals surface area contributed by atoms with Crippen molar-refractivity contribution in [1.82, 2.24) is 4.90 Å². The summed E-state index contributed by atoms with van der Waals surface area (Å²) < 4.78 is 10.7. The van der Waals surface area contributed by atoms with Gasteiger partial charge in [0.2, 0.25) is 0 Å². The molecule has 5 heteroatoms. The third kappa shape index (κ3) is 2.77. The molecule has 3 aliphatic rings. The average Bonchev–Trinajstić information content (AvgIpc) is 2.46. The molecule has 0 N–H and O–H groups in total. The van der Waals surface area contributed by atoms with Crippen molar-refractivity contribution in [3.63, 3.8) is 0 Å². The second-order valence-corrected chi connectivity index (χ2v) is 5.69. The Balaban J connectivity index is 2.07. The van der Waals surface area contributed by atoms with Gasteiger partial charge in [-0.15, -0.1) is 0 Å². The van der Waals surface area contributed by atoms with E-state index in [1.807, 2.05) is 20.8 Å². The topological polar surface area (TPSA) is 55.8 Å². The number of hydrogen-bond acceptors (Lipinski definition) is 4. The van der Waals surface area contributed by atoms with E-state index < -0.39 is 5.60 Å². The Bertz CT molecular complexity index is 334. The largest absolute Gasteiger partial charge is 0.444 e.